The predicted molar refractivity (Wildman–Crippen MR) is 110 cm³/mol. The molecule has 0 aliphatic heterocycles. The number of benzene rings is 3. The molecule has 8 heteroatoms. The summed E-state index contributed by atoms with van der Waals surface area (Å²) in [7, 11) is -2.35. The van der Waals surface area contributed by atoms with Gasteiger partial charge >= 0.3 is 0 Å². The molecular formula is C20H17ClN2O4S. The maximum atomic E-state index is 12.6. The van der Waals surface area contributed by atoms with E-state index < -0.39 is 10.0 Å². The highest BCUT2D eigenvalue weighted by atomic mass is 35.5. The van der Waals surface area contributed by atoms with Gasteiger partial charge in [-0.15, -0.1) is 0 Å². The molecule has 0 radical (unpaired) electrons. The van der Waals surface area contributed by atoms with E-state index in [1.54, 1.807) is 48.5 Å². The van der Waals surface area contributed by atoms with Crippen LogP contribution in [0.25, 0.3) is 0 Å². The molecule has 144 valence electrons. The first-order chi connectivity index (χ1) is 13.4. The van der Waals surface area contributed by atoms with E-state index in [-0.39, 0.29) is 10.8 Å². The summed E-state index contributed by atoms with van der Waals surface area (Å²) in [4.78, 5) is 12.3. The summed E-state index contributed by atoms with van der Waals surface area (Å²) in [6.07, 6.45) is 0. The number of para-hydroxylation sites is 2. The second-order valence-corrected chi connectivity index (χ2v) is 7.91. The SMILES string of the molecule is COc1ccccc1NS(=O)(=O)c1ccc(NC(=O)c2cccc(Cl)c2)cc1. The van der Waals surface area contributed by atoms with E-state index in [1.807, 2.05) is 0 Å². The highest BCUT2D eigenvalue weighted by Crippen LogP contribution is 2.26. The van der Waals surface area contributed by atoms with E-state index >= 15 is 0 Å². The second-order valence-electron chi connectivity index (χ2n) is 5.79. The molecule has 28 heavy (non-hydrogen) atoms. The summed E-state index contributed by atoms with van der Waals surface area (Å²) in [5.74, 6) is 0.0711. The van der Waals surface area contributed by atoms with Gasteiger partial charge < -0.3 is 10.1 Å². The Morgan fingerprint density at radius 1 is 0.964 bits per heavy atom. The van der Waals surface area contributed by atoms with Gasteiger partial charge in [0.1, 0.15) is 5.75 Å². The van der Waals surface area contributed by atoms with Crippen molar-refractivity contribution in [2.45, 2.75) is 4.90 Å². The van der Waals surface area contributed by atoms with E-state index in [0.29, 0.717) is 27.7 Å². The minimum Gasteiger partial charge on any atom is -0.495 e. The molecule has 3 aromatic carbocycles. The number of carbonyl (C=O) groups excluding carboxylic acids is 1. The van der Waals surface area contributed by atoms with Crippen molar-refractivity contribution in [3.63, 3.8) is 0 Å². The van der Waals surface area contributed by atoms with Crippen molar-refractivity contribution in [2.24, 2.45) is 0 Å². The zero-order valence-corrected chi connectivity index (χ0v) is 16.4. The molecular weight excluding hydrogens is 400 g/mol. The minimum atomic E-state index is -3.81. The third kappa shape index (κ3) is 4.62. The van der Waals surface area contributed by atoms with Crippen LogP contribution in [-0.2, 0) is 10.0 Å². The Labute approximate surface area is 168 Å². The van der Waals surface area contributed by atoms with Crippen LogP contribution < -0.4 is 14.8 Å². The number of methoxy groups -OCH3 is 1. The Morgan fingerprint density at radius 2 is 1.68 bits per heavy atom. The molecule has 0 aliphatic rings. The van der Waals surface area contributed by atoms with E-state index in [4.69, 9.17) is 16.3 Å². The van der Waals surface area contributed by atoms with Crippen molar-refractivity contribution in [1.29, 1.82) is 0 Å². The molecule has 3 rings (SSSR count). The van der Waals surface area contributed by atoms with Crippen LogP contribution in [0.15, 0.2) is 77.7 Å². The summed E-state index contributed by atoms with van der Waals surface area (Å²) in [6.45, 7) is 0. The van der Waals surface area contributed by atoms with Crippen LogP contribution in [0.3, 0.4) is 0 Å². The van der Waals surface area contributed by atoms with Crippen molar-refractivity contribution in [1.82, 2.24) is 0 Å². The Hall–Kier alpha value is -3.03. The lowest BCUT2D eigenvalue weighted by molar-refractivity contribution is 0.102. The van der Waals surface area contributed by atoms with Crippen LogP contribution in [0.2, 0.25) is 5.02 Å². The van der Waals surface area contributed by atoms with Gasteiger partial charge in [0, 0.05) is 16.3 Å². The van der Waals surface area contributed by atoms with Gasteiger partial charge in [-0.1, -0.05) is 29.8 Å². The van der Waals surface area contributed by atoms with Gasteiger partial charge in [0.25, 0.3) is 15.9 Å². The van der Waals surface area contributed by atoms with Gasteiger partial charge in [0.2, 0.25) is 0 Å². The lowest BCUT2D eigenvalue weighted by Gasteiger charge is -2.12. The zero-order valence-electron chi connectivity index (χ0n) is 14.8. The fraction of sp³-hybridized carbons (Fsp3) is 0.0500. The largest absolute Gasteiger partial charge is 0.495 e. The topological polar surface area (TPSA) is 84.5 Å². The van der Waals surface area contributed by atoms with Crippen molar-refractivity contribution < 1.29 is 17.9 Å². The number of hydrogen-bond donors (Lipinski definition) is 2. The maximum Gasteiger partial charge on any atom is 0.262 e. The summed E-state index contributed by atoms with van der Waals surface area (Å²) in [6, 6.07) is 19.1. The molecule has 0 bridgehead atoms. The lowest BCUT2D eigenvalue weighted by atomic mass is 10.2. The number of rotatable bonds is 6. The van der Waals surface area contributed by atoms with E-state index in [9.17, 15) is 13.2 Å². The van der Waals surface area contributed by atoms with Gasteiger partial charge in [-0.25, -0.2) is 8.42 Å². The van der Waals surface area contributed by atoms with Crippen LogP contribution in [0.5, 0.6) is 5.75 Å². The molecule has 2 N–H and O–H groups in total. The van der Waals surface area contributed by atoms with Crippen LogP contribution >= 0.6 is 11.6 Å². The molecule has 0 aliphatic carbocycles. The fourth-order valence-corrected chi connectivity index (χ4v) is 3.74. The maximum absolute atomic E-state index is 12.6. The number of sulfonamides is 1. The van der Waals surface area contributed by atoms with Crippen molar-refractivity contribution in [2.75, 3.05) is 17.1 Å². The van der Waals surface area contributed by atoms with Crippen molar-refractivity contribution >= 4 is 38.9 Å². The van der Waals surface area contributed by atoms with E-state index in [2.05, 4.69) is 10.0 Å². The smallest absolute Gasteiger partial charge is 0.262 e. The first-order valence-electron chi connectivity index (χ1n) is 8.22. The van der Waals surface area contributed by atoms with Crippen LogP contribution in [-0.4, -0.2) is 21.4 Å². The third-order valence-electron chi connectivity index (χ3n) is 3.86. The standard InChI is InChI=1S/C20H17ClN2O4S/c1-27-19-8-3-2-7-18(19)23-28(25,26)17-11-9-16(10-12-17)22-20(24)14-5-4-6-15(21)13-14/h2-13,23H,1H3,(H,22,24). The second kappa shape index (κ2) is 8.33. The first kappa shape index (κ1) is 19.7. The molecule has 0 saturated heterocycles. The number of halogens is 1. The van der Waals surface area contributed by atoms with Crippen molar-refractivity contribution in [3.8, 4) is 5.75 Å². The first-order valence-corrected chi connectivity index (χ1v) is 10.1. The molecule has 0 spiro atoms. The molecule has 1 amide bonds. The van der Waals surface area contributed by atoms with Gasteiger partial charge in [0.15, 0.2) is 0 Å². The molecule has 0 unspecified atom stereocenters. The minimum absolute atomic E-state index is 0.0548. The fourth-order valence-electron chi connectivity index (χ4n) is 2.48. The van der Waals surface area contributed by atoms with Crippen molar-refractivity contribution in [3.05, 3.63) is 83.4 Å². The molecule has 0 fully saturated rings. The molecule has 0 atom stereocenters. The summed E-state index contributed by atoms with van der Waals surface area (Å²) >= 11 is 5.89. The average Bonchev–Trinajstić information content (AvgIpc) is 2.68. The zero-order chi connectivity index (χ0) is 20.1. The highest BCUT2D eigenvalue weighted by molar-refractivity contribution is 7.92. The van der Waals surface area contributed by atoms with Crippen LogP contribution in [0, 0.1) is 0 Å². The Bertz CT molecular complexity index is 1100. The number of anilines is 2. The molecule has 0 heterocycles. The number of carbonyl (C=O) groups is 1. The predicted octanol–water partition coefficient (Wildman–Crippen LogP) is 4.40. The Morgan fingerprint density at radius 3 is 2.36 bits per heavy atom. The number of ether oxygens (including phenoxy) is 1. The number of hydrogen-bond acceptors (Lipinski definition) is 4. The lowest BCUT2D eigenvalue weighted by Crippen LogP contribution is -2.14. The molecule has 3 aromatic rings. The van der Waals surface area contributed by atoms with Crippen LogP contribution in [0.4, 0.5) is 11.4 Å². The van der Waals surface area contributed by atoms with Gasteiger partial charge in [-0.2, -0.15) is 0 Å². The summed E-state index contributed by atoms with van der Waals surface area (Å²) in [5.41, 5.74) is 1.20. The average molecular weight is 417 g/mol. The number of amides is 1. The molecule has 0 aromatic heterocycles. The monoisotopic (exact) mass is 416 g/mol. The third-order valence-corrected chi connectivity index (χ3v) is 5.48. The summed E-state index contributed by atoms with van der Waals surface area (Å²) in [5, 5.41) is 3.15. The normalized spacial score (nSPS) is 10.9. The molecule has 6 nitrogen and oxygen atoms in total. The molecule has 0 saturated carbocycles. The van der Waals surface area contributed by atoms with Gasteiger partial charge in [-0.3, -0.25) is 9.52 Å². The summed E-state index contributed by atoms with van der Waals surface area (Å²) < 4.78 is 32.8. The van der Waals surface area contributed by atoms with Gasteiger partial charge in [-0.05, 0) is 54.6 Å². The number of nitrogens with one attached hydrogen (secondary N) is 2. The van der Waals surface area contributed by atoms with Gasteiger partial charge in [0.05, 0.1) is 17.7 Å². The quantitative estimate of drug-likeness (QED) is 0.623. The highest BCUT2D eigenvalue weighted by Gasteiger charge is 2.16. The van der Waals surface area contributed by atoms with E-state index in [0.717, 1.165) is 0 Å². The van der Waals surface area contributed by atoms with E-state index in [1.165, 1.54) is 31.4 Å². The van der Waals surface area contributed by atoms with Crippen LogP contribution in [0.1, 0.15) is 10.4 Å². The Balaban J connectivity index is 1.75. The Kier molecular flexibility index (Phi) is 5.87.